The van der Waals surface area contributed by atoms with Crippen molar-refractivity contribution in [1.29, 1.82) is 0 Å². The minimum Gasteiger partial charge on any atom is -0.381 e. The number of anilines is 1. The number of hydrogen-bond donors (Lipinski definition) is 1. The maximum Gasteiger partial charge on any atom is 0.280 e. The van der Waals surface area contributed by atoms with Crippen molar-refractivity contribution >= 4 is 21.7 Å². The number of nitrogens with two attached hydrogens (primary N) is 1. The molecule has 1 rings (SSSR count). The molecule has 0 fully saturated rings. The van der Waals surface area contributed by atoms with E-state index < -0.39 is 23.8 Å². The highest BCUT2D eigenvalue weighted by Crippen LogP contribution is 2.23. The van der Waals surface area contributed by atoms with Crippen molar-refractivity contribution in [3.8, 4) is 0 Å². The Hall–Kier alpha value is -0.780. The Balaban J connectivity index is 3.22. The van der Waals surface area contributed by atoms with Crippen molar-refractivity contribution in [3.63, 3.8) is 0 Å². The molecule has 0 radical (unpaired) electrons. The van der Waals surface area contributed by atoms with Crippen molar-refractivity contribution in [1.82, 2.24) is 4.98 Å². The summed E-state index contributed by atoms with van der Waals surface area (Å²) in [4.78, 5) is 3.21. The summed E-state index contributed by atoms with van der Waals surface area (Å²) in [7, 11) is 0. The molecule has 1 aromatic heterocycles. The van der Waals surface area contributed by atoms with E-state index in [1.54, 1.807) is 0 Å². The van der Waals surface area contributed by atoms with Crippen LogP contribution in [-0.4, -0.2) is 4.98 Å². The fourth-order valence-corrected chi connectivity index (χ4v) is 1.24. The van der Waals surface area contributed by atoms with Crippen molar-refractivity contribution in [2.45, 2.75) is 11.8 Å². The lowest BCUT2D eigenvalue weighted by Gasteiger charge is -2.05. The van der Waals surface area contributed by atoms with Gasteiger partial charge in [-0.15, -0.1) is 0 Å². The van der Waals surface area contributed by atoms with Crippen LogP contribution in [0.15, 0.2) is 6.07 Å². The number of aromatic nitrogens is 1. The quantitative estimate of drug-likeness (QED) is 0.825. The molecule has 72 valence electrons. The highest BCUT2D eigenvalue weighted by atomic mass is 79.9. The van der Waals surface area contributed by atoms with E-state index in [4.69, 9.17) is 5.73 Å². The normalized spacial score (nSPS) is 10.8. The first kappa shape index (κ1) is 10.3. The Bertz CT molecular complexity index is 317. The van der Waals surface area contributed by atoms with Crippen LogP contribution < -0.4 is 5.73 Å². The summed E-state index contributed by atoms with van der Waals surface area (Å²) in [5.74, 6) is -1.24. The lowest BCUT2D eigenvalue weighted by Crippen LogP contribution is -2.03. The Kier molecular flexibility index (Phi) is 3.13. The van der Waals surface area contributed by atoms with Crippen LogP contribution in [0.5, 0.6) is 0 Å². The van der Waals surface area contributed by atoms with E-state index in [-0.39, 0.29) is 10.9 Å². The zero-order valence-corrected chi connectivity index (χ0v) is 7.98. The number of alkyl halides is 3. The van der Waals surface area contributed by atoms with Gasteiger partial charge in [0.2, 0.25) is 0 Å². The van der Waals surface area contributed by atoms with Gasteiger partial charge in [-0.05, 0) is 6.07 Å². The van der Waals surface area contributed by atoms with Crippen LogP contribution in [0.1, 0.15) is 17.7 Å². The minimum absolute atomic E-state index is 0.0859. The molecule has 0 bridgehead atoms. The molecule has 2 N–H and O–H groups in total. The molecule has 0 aliphatic carbocycles. The Morgan fingerprint density at radius 3 is 2.62 bits per heavy atom. The SMILES string of the molecule is Nc1nc(C(F)F)cc(CBr)c1F. The molecule has 6 heteroatoms. The summed E-state index contributed by atoms with van der Waals surface area (Å²) in [6.45, 7) is 0. The maximum absolute atomic E-state index is 13.0. The third-order valence-electron chi connectivity index (χ3n) is 1.45. The summed E-state index contributed by atoms with van der Waals surface area (Å²) in [5, 5.41) is 0.130. The van der Waals surface area contributed by atoms with Crippen LogP contribution in [-0.2, 0) is 5.33 Å². The van der Waals surface area contributed by atoms with Crippen LogP contribution in [0.4, 0.5) is 19.0 Å². The van der Waals surface area contributed by atoms with Gasteiger partial charge in [0.25, 0.3) is 6.43 Å². The molecule has 2 nitrogen and oxygen atoms in total. The maximum atomic E-state index is 13.0. The molecule has 0 saturated heterocycles. The number of halogens is 4. The number of rotatable bonds is 2. The summed E-state index contributed by atoms with van der Waals surface area (Å²) in [6, 6.07) is 0.991. The van der Waals surface area contributed by atoms with Crippen LogP contribution in [0.2, 0.25) is 0 Å². The van der Waals surface area contributed by atoms with E-state index >= 15 is 0 Å². The first-order chi connectivity index (χ1) is 6.06. The fraction of sp³-hybridized carbons (Fsp3) is 0.286. The number of nitrogen functional groups attached to an aromatic ring is 1. The Morgan fingerprint density at radius 2 is 2.15 bits per heavy atom. The van der Waals surface area contributed by atoms with Crippen LogP contribution in [0.3, 0.4) is 0 Å². The third-order valence-corrected chi connectivity index (χ3v) is 2.05. The number of nitrogens with zero attached hydrogens (tertiary/aromatic N) is 1. The van der Waals surface area contributed by atoms with Gasteiger partial charge in [-0.25, -0.2) is 18.2 Å². The summed E-state index contributed by atoms with van der Waals surface area (Å²) >= 11 is 2.96. The van der Waals surface area contributed by atoms with Crippen molar-refractivity contribution < 1.29 is 13.2 Å². The standard InChI is InChI=1S/C7H6BrF3N2/c8-2-3-1-4(6(10)11)13-7(12)5(3)9/h1,6H,2H2,(H2,12,13). The van der Waals surface area contributed by atoms with Gasteiger partial charge in [-0.2, -0.15) is 0 Å². The van der Waals surface area contributed by atoms with Gasteiger partial charge in [0.1, 0.15) is 5.69 Å². The summed E-state index contributed by atoms with van der Waals surface area (Å²) < 4.78 is 37.3. The lowest BCUT2D eigenvalue weighted by molar-refractivity contribution is 0.146. The van der Waals surface area contributed by atoms with Crippen LogP contribution >= 0.6 is 15.9 Å². The largest absolute Gasteiger partial charge is 0.381 e. The number of pyridine rings is 1. The van der Waals surface area contributed by atoms with Gasteiger partial charge >= 0.3 is 0 Å². The summed E-state index contributed by atoms with van der Waals surface area (Å²) in [6.07, 6.45) is -2.74. The van der Waals surface area contributed by atoms with Crippen molar-refractivity contribution in [3.05, 3.63) is 23.1 Å². The van der Waals surface area contributed by atoms with Gasteiger partial charge < -0.3 is 5.73 Å². The molecule has 13 heavy (non-hydrogen) atoms. The second kappa shape index (κ2) is 3.95. The molecule has 0 unspecified atom stereocenters. The fourth-order valence-electron chi connectivity index (χ4n) is 0.836. The zero-order chi connectivity index (χ0) is 10.0. The molecule has 0 aliphatic heterocycles. The van der Waals surface area contributed by atoms with E-state index in [1.165, 1.54) is 0 Å². The average Bonchev–Trinajstić information content (AvgIpc) is 2.09. The molecule has 0 saturated carbocycles. The molecule has 0 aliphatic rings. The molecular formula is C7H6BrF3N2. The van der Waals surface area contributed by atoms with E-state index in [9.17, 15) is 13.2 Å². The second-order valence-electron chi connectivity index (χ2n) is 2.34. The Labute approximate surface area is 81.1 Å². The van der Waals surface area contributed by atoms with E-state index in [0.717, 1.165) is 6.07 Å². The highest BCUT2D eigenvalue weighted by molar-refractivity contribution is 9.08. The van der Waals surface area contributed by atoms with Crippen LogP contribution in [0.25, 0.3) is 0 Å². The van der Waals surface area contributed by atoms with E-state index in [0.29, 0.717) is 0 Å². The van der Waals surface area contributed by atoms with Gasteiger partial charge in [-0.3, -0.25) is 0 Å². The van der Waals surface area contributed by atoms with Crippen molar-refractivity contribution in [2.24, 2.45) is 0 Å². The third kappa shape index (κ3) is 2.12. The Morgan fingerprint density at radius 1 is 1.54 bits per heavy atom. The lowest BCUT2D eigenvalue weighted by atomic mass is 10.2. The van der Waals surface area contributed by atoms with Gasteiger partial charge in [0.15, 0.2) is 11.6 Å². The van der Waals surface area contributed by atoms with Crippen LogP contribution in [0, 0.1) is 5.82 Å². The molecule has 0 spiro atoms. The molecule has 1 aromatic rings. The molecule has 0 atom stereocenters. The number of hydrogen-bond acceptors (Lipinski definition) is 2. The summed E-state index contributed by atoms with van der Waals surface area (Å²) in [5.41, 5.74) is 4.67. The smallest absolute Gasteiger partial charge is 0.280 e. The van der Waals surface area contributed by atoms with Crippen molar-refractivity contribution in [2.75, 3.05) is 5.73 Å². The average molecular weight is 255 g/mol. The predicted molar refractivity (Wildman–Crippen MR) is 46.2 cm³/mol. The highest BCUT2D eigenvalue weighted by Gasteiger charge is 2.15. The van der Waals surface area contributed by atoms with Gasteiger partial charge in [0, 0.05) is 10.9 Å². The molecule has 0 amide bonds. The first-order valence-electron chi connectivity index (χ1n) is 3.35. The van der Waals surface area contributed by atoms with E-state index in [1.807, 2.05) is 0 Å². The van der Waals surface area contributed by atoms with Gasteiger partial charge in [-0.1, -0.05) is 15.9 Å². The molecular weight excluding hydrogens is 249 g/mol. The van der Waals surface area contributed by atoms with Gasteiger partial charge in [0.05, 0.1) is 0 Å². The molecule has 1 heterocycles. The molecule has 0 aromatic carbocycles. The minimum atomic E-state index is -2.74. The van der Waals surface area contributed by atoms with E-state index in [2.05, 4.69) is 20.9 Å². The first-order valence-corrected chi connectivity index (χ1v) is 4.47. The predicted octanol–water partition coefficient (Wildman–Crippen LogP) is 2.64. The zero-order valence-electron chi connectivity index (χ0n) is 6.40. The monoisotopic (exact) mass is 254 g/mol. The topological polar surface area (TPSA) is 38.9 Å². The second-order valence-corrected chi connectivity index (χ2v) is 2.90.